The molecule has 3 heteroatoms. The second kappa shape index (κ2) is 5.43. The van der Waals surface area contributed by atoms with Crippen molar-refractivity contribution in [3.63, 3.8) is 0 Å². The van der Waals surface area contributed by atoms with Crippen molar-refractivity contribution < 1.29 is 9.30 Å². The number of fused-ring (bicyclic) bond motifs is 3. The van der Waals surface area contributed by atoms with Crippen LogP contribution in [-0.4, -0.2) is 8.07 Å². The van der Waals surface area contributed by atoms with Crippen molar-refractivity contribution in [2.45, 2.75) is 26.6 Å². The lowest BCUT2D eigenvalue weighted by Crippen LogP contribution is -2.38. The van der Waals surface area contributed by atoms with Gasteiger partial charge in [-0.2, -0.15) is 0 Å². The van der Waals surface area contributed by atoms with E-state index in [2.05, 4.69) is 92.9 Å². The van der Waals surface area contributed by atoms with Crippen LogP contribution >= 0.6 is 0 Å². The van der Waals surface area contributed by atoms with Crippen molar-refractivity contribution in [3.05, 3.63) is 60.3 Å². The number of aryl methyl sites for hydroxylation is 2. The van der Waals surface area contributed by atoms with E-state index in [0.29, 0.717) is 0 Å². The number of benzene rings is 3. The van der Waals surface area contributed by atoms with E-state index in [9.17, 15) is 0 Å². The van der Waals surface area contributed by atoms with Crippen LogP contribution in [0.3, 0.4) is 0 Å². The number of ether oxygens (including phenoxy) is 1. The van der Waals surface area contributed by atoms with E-state index < -0.39 is 8.07 Å². The van der Waals surface area contributed by atoms with Crippen molar-refractivity contribution >= 4 is 34.8 Å². The molecule has 2 heterocycles. The molecule has 27 heavy (non-hydrogen) atoms. The Hall–Kier alpha value is -2.65. The van der Waals surface area contributed by atoms with E-state index in [4.69, 9.17) is 4.74 Å². The van der Waals surface area contributed by atoms with Crippen molar-refractivity contribution in [2.24, 2.45) is 7.05 Å². The monoisotopic (exact) mass is 370 g/mol. The summed E-state index contributed by atoms with van der Waals surface area (Å²) in [5.41, 5.74) is 3.76. The second-order valence-corrected chi connectivity index (χ2v) is 13.7. The largest absolute Gasteiger partial charge is 0.456 e. The Morgan fingerprint density at radius 2 is 1.67 bits per heavy atom. The number of pyridine rings is 1. The molecular weight excluding hydrogens is 346 g/mol. The Balaban J connectivity index is 1.94. The fourth-order valence-electron chi connectivity index (χ4n) is 4.27. The maximum Gasteiger partial charge on any atom is 0.228 e. The highest BCUT2D eigenvalue weighted by molar-refractivity contribution is 6.88. The zero-order valence-corrected chi connectivity index (χ0v) is 17.6. The average molecular weight is 371 g/mol. The van der Waals surface area contributed by atoms with Gasteiger partial charge in [-0.3, -0.25) is 0 Å². The molecular formula is C24H24NOSi+. The van der Waals surface area contributed by atoms with Crippen LogP contribution < -0.4 is 14.5 Å². The summed E-state index contributed by atoms with van der Waals surface area (Å²) in [5, 5.41) is 6.46. The molecule has 0 saturated heterocycles. The van der Waals surface area contributed by atoms with E-state index in [-0.39, 0.29) is 0 Å². The molecule has 0 fully saturated rings. The smallest absolute Gasteiger partial charge is 0.228 e. The number of aromatic nitrogens is 1. The van der Waals surface area contributed by atoms with Gasteiger partial charge < -0.3 is 4.74 Å². The Morgan fingerprint density at radius 3 is 2.44 bits per heavy atom. The molecule has 0 bridgehead atoms. The average Bonchev–Trinajstić information content (AvgIpc) is 2.63. The van der Waals surface area contributed by atoms with Gasteiger partial charge in [0.2, 0.25) is 5.69 Å². The quantitative estimate of drug-likeness (QED) is 0.283. The zero-order chi connectivity index (χ0) is 18.9. The van der Waals surface area contributed by atoms with E-state index in [1.807, 2.05) is 0 Å². The second-order valence-electron chi connectivity index (χ2n) is 8.66. The molecule has 1 aliphatic heterocycles. The van der Waals surface area contributed by atoms with E-state index in [0.717, 1.165) is 11.5 Å². The molecule has 4 aromatic rings. The summed E-state index contributed by atoms with van der Waals surface area (Å²) in [6, 6.07) is 17.6. The topological polar surface area (TPSA) is 13.1 Å². The van der Waals surface area contributed by atoms with Gasteiger partial charge in [-0.25, -0.2) is 4.57 Å². The number of nitrogens with zero attached hydrogens (tertiary/aromatic N) is 1. The highest BCUT2D eigenvalue weighted by Crippen LogP contribution is 2.47. The first-order valence-electron chi connectivity index (χ1n) is 9.52. The summed E-state index contributed by atoms with van der Waals surface area (Å²) in [4.78, 5) is 0. The van der Waals surface area contributed by atoms with E-state index in [1.54, 1.807) is 0 Å². The van der Waals surface area contributed by atoms with Crippen LogP contribution in [0.5, 0.6) is 11.5 Å². The number of hydrogen-bond acceptors (Lipinski definition) is 1. The van der Waals surface area contributed by atoms with Gasteiger partial charge in [-0.1, -0.05) is 55.2 Å². The van der Waals surface area contributed by atoms with Gasteiger partial charge in [0.05, 0.1) is 19.0 Å². The van der Waals surface area contributed by atoms with Gasteiger partial charge in [-0.05, 0) is 40.8 Å². The molecule has 0 radical (unpaired) electrons. The van der Waals surface area contributed by atoms with Gasteiger partial charge in [0, 0.05) is 6.07 Å². The van der Waals surface area contributed by atoms with Crippen molar-refractivity contribution in [3.8, 4) is 22.8 Å². The predicted octanol–water partition coefficient (Wildman–Crippen LogP) is 5.44. The Kier molecular flexibility index (Phi) is 3.32. The van der Waals surface area contributed by atoms with Gasteiger partial charge in [0.25, 0.3) is 0 Å². The zero-order valence-electron chi connectivity index (χ0n) is 16.6. The molecule has 0 spiro atoms. The minimum absolute atomic E-state index is 0.967. The van der Waals surface area contributed by atoms with Gasteiger partial charge in [0.1, 0.15) is 18.5 Å². The number of hydrogen-bond donors (Lipinski definition) is 0. The minimum Gasteiger partial charge on any atom is -0.456 e. The van der Waals surface area contributed by atoms with Crippen LogP contribution in [0.2, 0.25) is 19.6 Å². The third-order valence-electron chi connectivity index (χ3n) is 5.80. The summed E-state index contributed by atoms with van der Waals surface area (Å²) in [6.07, 6.45) is 2.18. The van der Waals surface area contributed by atoms with Gasteiger partial charge in [-0.15, -0.1) is 0 Å². The van der Waals surface area contributed by atoms with Crippen LogP contribution in [0.4, 0.5) is 0 Å². The fraction of sp³-hybridized carbons (Fsp3) is 0.208. The number of rotatable bonds is 1. The molecule has 3 aromatic carbocycles. The van der Waals surface area contributed by atoms with Crippen LogP contribution in [0.15, 0.2) is 54.7 Å². The summed E-state index contributed by atoms with van der Waals surface area (Å²) in [7, 11) is 0.696. The minimum atomic E-state index is -1.44. The predicted molar refractivity (Wildman–Crippen MR) is 116 cm³/mol. The highest BCUT2D eigenvalue weighted by Gasteiger charge is 2.31. The maximum absolute atomic E-state index is 6.54. The van der Waals surface area contributed by atoms with Gasteiger partial charge >= 0.3 is 0 Å². The summed E-state index contributed by atoms with van der Waals surface area (Å²) >= 11 is 0. The first-order chi connectivity index (χ1) is 12.8. The van der Waals surface area contributed by atoms with Crippen molar-refractivity contribution in [2.75, 3.05) is 0 Å². The Labute approximate surface area is 161 Å². The molecule has 1 aromatic heterocycles. The van der Waals surface area contributed by atoms with Crippen LogP contribution in [0.1, 0.15) is 5.56 Å². The lowest BCUT2D eigenvalue weighted by Gasteiger charge is -2.24. The molecule has 0 saturated carbocycles. The molecule has 5 rings (SSSR count). The normalized spacial score (nSPS) is 12.9. The molecule has 2 nitrogen and oxygen atoms in total. The molecule has 134 valence electrons. The first-order valence-corrected chi connectivity index (χ1v) is 13.0. The lowest BCUT2D eigenvalue weighted by molar-refractivity contribution is -0.659. The summed E-state index contributed by atoms with van der Waals surface area (Å²) in [5.74, 6) is 1.97. The summed E-state index contributed by atoms with van der Waals surface area (Å²) in [6.45, 7) is 9.38. The van der Waals surface area contributed by atoms with Crippen molar-refractivity contribution in [1.29, 1.82) is 0 Å². The van der Waals surface area contributed by atoms with E-state index >= 15 is 0 Å². The van der Waals surface area contributed by atoms with Gasteiger partial charge in [0.15, 0.2) is 6.20 Å². The fourth-order valence-corrected chi connectivity index (χ4v) is 5.42. The molecule has 1 aliphatic rings. The standard InChI is InChI=1S/C24H24NOSi/c1-15-19-9-7-6-8-16(19)13-20-22(15)24-23-17(10-11-25(24)2)12-18(27(3,4)5)14-21(23)26-20/h6-14H,1-5H3/q+1. The Morgan fingerprint density at radius 1 is 0.889 bits per heavy atom. The third kappa shape index (κ3) is 2.35. The lowest BCUT2D eigenvalue weighted by atomic mass is 9.92. The molecule has 0 amide bonds. The third-order valence-corrected chi connectivity index (χ3v) is 7.82. The Bertz CT molecular complexity index is 1250. The summed E-state index contributed by atoms with van der Waals surface area (Å²) < 4.78 is 8.78. The van der Waals surface area contributed by atoms with Crippen molar-refractivity contribution in [1.82, 2.24) is 0 Å². The first kappa shape index (κ1) is 16.5. The molecule has 0 atom stereocenters. The maximum atomic E-state index is 6.54. The molecule has 0 N–H and O–H groups in total. The van der Waals surface area contributed by atoms with Crippen LogP contribution in [0.25, 0.3) is 32.8 Å². The van der Waals surface area contributed by atoms with Crippen LogP contribution in [-0.2, 0) is 7.05 Å². The SMILES string of the molecule is Cc1c2c(cc3ccccc13)Oc1cc([Si](C)(C)C)cc3cc[n+](C)c-2c13. The highest BCUT2D eigenvalue weighted by atomic mass is 28.3. The molecule has 0 aliphatic carbocycles. The van der Waals surface area contributed by atoms with E-state index in [1.165, 1.54) is 43.6 Å². The van der Waals surface area contributed by atoms with Crippen LogP contribution in [0, 0.1) is 6.92 Å². The molecule has 0 unspecified atom stereocenters.